The zero-order chi connectivity index (χ0) is 15.7. The lowest BCUT2D eigenvalue weighted by Gasteiger charge is -2.34. The van der Waals surface area contributed by atoms with E-state index in [1.165, 1.54) is 22.9 Å². The molecule has 0 aliphatic carbocycles. The van der Waals surface area contributed by atoms with E-state index in [1.54, 1.807) is 6.92 Å². The first-order valence-electron chi connectivity index (χ1n) is 7.95. The van der Waals surface area contributed by atoms with E-state index in [-0.39, 0.29) is 4.90 Å². The van der Waals surface area contributed by atoms with Gasteiger partial charge in [0.1, 0.15) is 5.82 Å². The van der Waals surface area contributed by atoms with E-state index in [0.29, 0.717) is 30.5 Å². The Balaban J connectivity index is 1.73. The Morgan fingerprint density at radius 2 is 1.91 bits per heavy atom. The van der Waals surface area contributed by atoms with Crippen molar-refractivity contribution in [2.24, 2.45) is 11.8 Å². The highest BCUT2D eigenvalue weighted by molar-refractivity contribution is 7.89. The lowest BCUT2D eigenvalue weighted by Crippen LogP contribution is -2.40. The van der Waals surface area contributed by atoms with Gasteiger partial charge in [0.15, 0.2) is 0 Å². The number of sulfonamides is 1. The van der Waals surface area contributed by atoms with E-state index < -0.39 is 15.8 Å². The average Bonchev–Trinajstić information content (AvgIpc) is 3.04. The SMILES string of the molecule is Cc1ccc(F)cc1S(=O)(=O)N1CCC(C2CCNC2)CC1. The maximum Gasteiger partial charge on any atom is 0.243 e. The lowest BCUT2D eigenvalue weighted by atomic mass is 9.84. The quantitative estimate of drug-likeness (QED) is 0.926. The minimum Gasteiger partial charge on any atom is -0.316 e. The van der Waals surface area contributed by atoms with Crippen molar-refractivity contribution in [1.82, 2.24) is 9.62 Å². The molecule has 2 heterocycles. The molecule has 0 saturated carbocycles. The maximum atomic E-state index is 13.4. The van der Waals surface area contributed by atoms with Gasteiger partial charge in [0.2, 0.25) is 10.0 Å². The molecule has 6 heteroatoms. The Morgan fingerprint density at radius 1 is 1.18 bits per heavy atom. The van der Waals surface area contributed by atoms with Gasteiger partial charge in [-0.3, -0.25) is 0 Å². The molecule has 0 amide bonds. The van der Waals surface area contributed by atoms with Gasteiger partial charge in [0.25, 0.3) is 0 Å². The van der Waals surface area contributed by atoms with Crippen LogP contribution >= 0.6 is 0 Å². The molecule has 22 heavy (non-hydrogen) atoms. The first-order valence-corrected chi connectivity index (χ1v) is 9.39. The molecule has 3 rings (SSSR count). The Hall–Kier alpha value is -0.980. The van der Waals surface area contributed by atoms with Gasteiger partial charge in [-0.25, -0.2) is 12.8 Å². The van der Waals surface area contributed by atoms with Gasteiger partial charge in [-0.2, -0.15) is 4.31 Å². The Morgan fingerprint density at radius 3 is 2.55 bits per heavy atom. The van der Waals surface area contributed by atoms with Crippen LogP contribution in [0.3, 0.4) is 0 Å². The third-order valence-electron chi connectivity index (χ3n) is 5.03. The zero-order valence-corrected chi connectivity index (χ0v) is 13.7. The minimum atomic E-state index is -3.58. The largest absolute Gasteiger partial charge is 0.316 e. The number of rotatable bonds is 3. The lowest BCUT2D eigenvalue weighted by molar-refractivity contribution is 0.216. The minimum absolute atomic E-state index is 0.105. The van der Waals surface area contributed by atoms with Crippen molar-refractivity contribution in [2.75, 3.05) is 26.2 Å². The van der Waals surface area contributed by atoms with E-state index >= 15 is 0 Å². The van der Waals surface area contributed by atoms with Crippen LogP contribution in [0.25, 0.3) is 0 Å². The summed E-state index contributed by atoms with van der Waals surface area (Å²) in [6.45, 7) is 4.92. The van der Waals surface area contributed by atoms with Crippen molar-refractivity contribution < 1.29 is 12.8 Å². The predicted molar refractivity (Wildman–Crippen MR) is 83.6 cm³/mol. The number of aryl methyl sites for hydroxylation is 1. The molecule has 2 fully saturated rings. The van der Waals surface area contributed by atoms with Crippen LogP contribution in [0.1, 0.15) is 24.8 Å². The molecule has 0 aromatic heterocycles. The summed E-state index contributed by atoms with van der Waals surface area (Å²) >= 11 is 0. The highest BCUT2D eigenvalue weighted by Gasteiger charge is 2.34. The van der Waals surface area contributed by atoms with Crippen LogP contribution < -0.4 is 5.32 Å². The molecule has 122 valence electrons. The molecule has 0 spiro atoms. The van der Waals surface area contributed by atoms with Crippen LogP contribution in [0.15, 0.2) is 23.1 Å². The fraction of sp³-hybridized carbons (Fsp3) is 0.625. The smallest absolute Gasteiger partial charge is 0.243 e. The number of halogens is 1. The third kappa shape index (κ3) is 3.05. The summed E-state index contributed by atoms with van der Waals surface area (Å²) in [5, 5.41) is 3.38. The fourth-order valence-corrected chi connectivity index (χ4v) is 5.36. The Bertz CT molecular complexity index is 634. The summed E-state index contributed by atoms with van der Waals surface area (Å²) in [4.78, 5) is 0.105. The van der Waals surface area contributed by atoms with Crippen LogP contribution in [-0.2, 0) is 10.0 Å². The van der Waals surface area contributed by atoms with Gasteiger partial charge in [-0.05, 0) is 68.8 Å². The number of benzene rings is 1. The second-order valence-corrected chi connectivity index (χ2v) is 8.31. The molecule has 2 aliphatic rings. The van der Waals surface area contributed by atoms with Gasteiger partial charge in [0, 0.05) is 13.1 Å². The van der Waals surface area contributed by atoms with Crippen LogP contribution in [-0.4, -0.2) is 38.9 Å². The number of piperidine rings is 1. The summed E-state index contributed by atoms with van der Waals surface area (Å²) in [5.41, 5.74) is 0.600. The third-order valence-corrected chi connectivity index (χ3v) is 7.07. The maximum absolute atomic E-state index is 13.4. The summed E-state index contributed by atoms with van der Waals surface area (Å²) in [6.07, 6.45) is 3.00. The van der Waals surface area contributed by atoms with Crippen molar-refractivity contribution in [3.05, 3.63) is 29.6 Å². The molecule has 2 aliphatic heterocycles. The van der Waals surface area contributed by atoms with E-state index in [9.17, 15) is 12.8 Å². The van der Waals surface area contributed by atoms with E-state index in [0.717, 1.165) is 32.0 Å². The second kappa shape index (κ2) is 6.26. The Kier molecular flexibility index (Phi) is 4.52. The highest BCUT2D eigenvalue weighted by atomic mass is 32.2. The molecular weight excluding hydrogens is 303 g/mol. The molecular formula is C16H23FN2O2S. The molecule has 2 saturated heterocycles. The molecule has 1 aromatic rings. The van der Waals surface area contributed by atoms with Crippen LogP contribution in [0, 0.1) is 24.6 Å². The standard InChI is InChI=1S/C16H23FN2O2S/c1-12-2-3-15(17)10-16(12)22(20,21)19-8-5-13(6-9-19)14-4-7-18-11-14/h2-3,10,13-14,18H,4-9,11H2,1H3. The number of hydrogen-bond donors (Lipinski definition) is 1. The number of nitrogens with zero attached hydrogens (tertiary/aromatic N) is 1. The van der Waals surface area contributed by atoms with Crippen LogP contribution in [0.5, 0.6) is 0 Å². The van der Waals surface area contributed by atoms with Crippen molar-refractivity contribution in [3.8, 4) is 0 Å². The van der Waals surface area contributed by atoms with E-state index in [4.69, 9.17) is 0 Å². The molecule has 1 unspecified atom stereocenters. The monoisotopic (exact) mass is 326 g/mol. The first kappa shape index (κ1) is 15.9. The average molecular weight is 326 g/mol. The van der Waals surface area contributed by atoms with Gasteiger partial charge in [0.05, 0.1) is 4.90 Å². The molecule has 0 radical (unpaired) electrons. The highest BCUT2D eigenvalue weighted by Crippen LogP contribution is 2.31. The molecule has 4 nitrogen and oxygen atoms in total. The molecule has 1 aromatic carbocycles. The van der Waals surface area contributed by atoms with Gasteiger partial charge in [-0.15, -0.1) is 0 Å². The van der Waals surface area contributed by atoms with Gasteiger partial charge >= 0.3 is 0 Å². The summed E-state index contributed by atoms with van der Waals surface area (Å²) in [5.74, 6) is 0.784. The van der Waals surface area contributed by atoms with E-state index in [1.807, 2.05) is 0 Å². The van der Waals surface area contributed by atoms with Crippen molar-refractivity contribution in [1.29, 1.82) is 0 Å². The zero-order valence-electron chi connectivity index (χ0n) is 12.9. The number of nitrogens with one attached hydrogen (secondary N) is 1. The van der Waals surface area contributed by atoms with Crippen LogP contribution in [0.2, 0.25) is 0 Å². The molecule has 1 N–H and O–H groups in total. The van der Waals surface area contributed by atoms with Gasteiger partial charge < -0.3 is 5.32 Å². The normalized spacial score (nSPS) is 24.7. The summed E-state index contributed by atoms with van der Waals surface area (Å²) in [6, 6.07) is 3.96. The summed E-state index contributed by atoms with van der Waals surface area (Å²) < 4.78 is 40.4. The van der Waals surface area contributed by atoms with Crippen molar-refractivity contribution in [2.45, 2.75) is 31.1 Å². The first-order chi connectivity index (χ1) is 10.5. The summed E-state index contributed by atoms with van der Waals surface area (Å²) in [7, 11) is -3.58. The fourth-order valence-electron chi connectivity index (χ4n) is 3.66. The van der Waals surface area contributed by atoms with Crippen molar-refractivity contribution in [3.63, 3.8) is 0 Å². The predicted octanol–water partition coefficient (Wildman–Crippen LogP) is 2.14. The topological polar surface area (TPSA) is 49.4 Å². The van der Waals surface area contributed by atoms with Gasteiger partial charge in [-0.1, -0.05) is 6.07 Å². The Labute approximate surface area is 131 Å². The second-order valence-electron chi connectivity index (χ2n) is 6.40. The van der Waals surface area contributed by atoms with Crippen LogP contribution in [0.4, 0.5) is 4.39 Å². The van der Waals surface area contributed by atoms with Crippen molar-refractivity contribution >= 4 is 10.0 Å². The number of hydrogen-bond acceptors (Lipinski definition) is 3. The molecule has 1 atom stereocenters. The van der Waals surface area contributed by atoms with E-state index in [2.05, 4.69) is 5.32 Å². The molecule has 0 bridgehead atoms.